The van der Waals surface area contributed by atoms with Crippen LogP contribution in [0.5, 0.6) is 0 Å². The van der Waals surface area contributed by atoms with Gasteiger partial charge < -0.3 is 11.5 Å². The van der Waals surface area contributed by atoms with Crippen molar-refractivity contribution in [1.29, 1.82) is 0 Å². The topological polar surface area (TPSA) is 55.3 Å². The molecule has 3 nitrogen and oxygen atoms in total. The lowest BCUT2D eigenvalue weighted by Gasteiger charge is -2.22. The van der Waals surface area contributed by atoms with E-state index in [1.807, 2.05) is 0 Å². The predicted molar refractivity (Wildman–Crippen MR) is 45.2 cm³/mol. The molecule has 0 bridgehead atoms. The quantitative estimate of drug-likeness (QED) is 0.566. The van der Waals surface area contributed by atoms with E-state index in [4.69, 9.17) is 11.5 Å². The van der Waals surface area contributed by atoms with E-state index in [1.54, 1.807) is 0 Å². The second-order valence-corrected chi connectivity index (χ2v) is 4.02. The monoisotopic (exact) mass is 155 g/mol. The Balaban J connectivity index is 1.91. The molecule has 0 aromatic rings. The summed E-state index contributed by atoms with van der Waals surface area (Å²) < 4.78 is 0. The summed E-state index contributed by atoms with van der Waals surface area (Å²) >= 11 is 0. The Labute approximate surface area is 67.7 Å². The van der Waals surface area contributed by atoms with Gasteiger partial charge in [-0.15, -0.1) is 0 Å². The van der Waals surface area contributed by atoms with E-state index in [9.17, 15) is 0 Å². The first-order chi connectivity index (χ1) is 5.23. The van der Waals surface area contributed by atoms with Gasteiger partial charge in [0.25, 0.3) is 0 Å². The molecule has 64 valence electrons. The van der Waals surface area contributed by atoms with Crippen molar-refractivity contribution in [2.75, 3.05) is 19.6 Å². The van der Waals surface area contributed by atoms with Crippen LogP contribution in [0, 0.1) is 0 Å². The van der Waals surface area contributed by atoms with Crippen LogP contribution >= 0.6 is 0 Å². The summed E-state index contributed by atoms with van der Waals surface area (Å²) in [6, 6.07) is 0.854. The van der Waals surface area contributed by atoms with Crippen molar-refractivity contribution < 1.29 is 0 Å². The van der Waals surface area contributed by atoms with Gasteiger partial charge in [0, 0.05) is 31.2 Å². The second-order valence-electron chi connectivity index (χ2n) is 4.02. The van der Waals surface area contributed by atoms with Gasteiger partial charge in [-0.1, -0.05) is 0 Å². The summed E-state index contributed by atoms with van der Waals surface area (Å²) in [6.07, 6.45) is 3.83. The van der Waals surface area contributed by atoms with Gasteiger partial charge >= 0.3 is 0 Å². The van der Waals surface area contributed by atoms with E-state index in [0.29, 0.717) is 6.54 Å². The highest BCUT2D eigenvalue weighted by molar-refractivity contribution is 5.00. The van der Waals surface area contributed by atoms with E-state index in [0.717, 1.165) is 19.0 Å². The summed E-state index contributed by atoms with van der Waals surface area (Å²) in [4.78, 5) is 2.49. The van der Waals surface area contributed by atoms with E-state index in [1.165, 1.54) is 19.4 Å². The van der Waals surface area contributed by atoms with Gasteiger partial charge in [0.1, 0.15) is 0 Å². The van der Waals surface area contributed by atoms with Crippen molar-refractivity contribution in [2.24, 2.45) is 11.5 Å². The smallest absolute Gasteiger partial charge is 0.0419 e. The lowest BCUT2D eigenvalue weighted by atomic mass is 10.0. The van der Waals surface area contributed by atoms with Crippen LogP contribution in [-0.2, 0) is 0 Å². The van der Waals surface area contributed by atoms with Crippen LogP contribution in [0.4, 0.5) is 0 Å². The minimum absolute atomic E-state index is 0.0669. The maximum atomic E-state index is 6.05. The Morgan fingerprint density at radius 3 is 2.64 bits per heavy atom. The number of likely N-dealkylation sites (tertiary alicyclic amines) is 1. The molecule has 0 aromatic carbocycles. The summed E-state index contributed by atoms with van der Waals surface area (Å²) in [7, 11) is 0. The third kappa shape index (κ3) is 1.41. The maximum absolute atomic E-state index is 6.05. The third-order valence-electron chi connectivity index (χ3n) is 2.88. The van der Waals surface area contributed by atoms with Crippen molar-refractivity contribution in [3.05, 3.63) is 0 Å². The summed E-state index contributed by atoms with van der Waals surface area (Å²) in [6.45, 7) is 2.82. The fourth-order valence-corrected chi connectivity index (χ4v) is 1.85. The minimum atomic E-state index is -0.0669. The Hall–Kier alpha value is -0.120. The van der Waals surface area contributed by atoms with Crippen molar-refractivity contribution in [3.8, 4) is 0 Å². The van der Waals surface area contributed by atoms with Crippen LogP contribution in [-0.4, -0.2) is 36.1 Å². The molecule has 4 N–H and O–H groups in total. The number of nitrogens with zero attached hydrogens (tertiary/aromatic N) is 1. The van der Waals surface area contributed by atoms with E-state index in [2.05, 4.69) is 4.90 Å². The molecule has 0 amide bonds. The molecule has 1 atom stereocenters. The molecule has 1 aliphatic heterocycles. The van der Waals surface area contributed by atoms with Crippen LogP contribution in [0.15, 0.2) is 0 Å². The van der Waals surface area contributed by atoms with Crippen LogP contribution < -0.4 is 11.5 Å². The summed E-state index contributed by atoms with van der Waals surface area (Å²) in [5.41, 5.74) is 11.6. The predicted octanol–water partition coefficient (Wildman–Crippen LogP) is -0.489. The number of hydrogen-bond donors (Lipinski definition) is 2. The zero-order valence-corrected chi connectivity index (χ0v) is 6.92. The van der Waals surface area contributed by atoms with Crippen LogP contribution in [0.25, 0.3) is 0 Å². The lowest BCUT2D eigenvalue weighted by Crippen LogP contribution is -2.49. The molecule has 1 aliphatic carbocycles. The van der Waals surface area contributed by atoms with Crippen LogP contribution in [0.3, 0.4) is 0 Å². The fraction of sp³-hybridized carbons (Fsp3) is 1.00. The van der Waals surface area contributed by atoms with Crippen molar-refractivity contribution >= 4 is 0 Å². The number of hydrogen-bond acceptors (Lipinski definition) is 3. The maximum Gasteiger partial charge on any atom is 0.0419 e. The van der Waals surface area contributed by atoms with Gasteiger partial charge in [-0.3, -0.25) is 4.90 Å². The minimum Gasteiger partial charge on any atom is -0.329 e. The van der Waals surface area contributed by atoms with Gasteiger partial charge in [0.05, 0.1) is 0 Å². The average Bonchev–Trinajstić information content (AvgIpc) is 2.77. The molecule has 2 aliphatic rings. The molecule has 1 saturated carbocycles. The standard InChI is InChI=1S/C8H17N3/c9-5-8(10)3-4-11(6-8)7-1-2-7/h7H,1-6,9-10H2. The zero-order valence-electron chi connectivity index (χ0n) is 6.92. The highest BCUT2D eigenvalue weighted by Gasteiger charge is 2.39. The molecule has 3 heteroatoms. The normalized spacial score (nSPS) is 39.8. The molecule has 1 unspecified atom stereocenters. The second kappa shape index (κ2) is 2.44. The first kappa shape index (κ1) is 7.53. The Bertz CT molecular complexity index is 155. The Kier molecular flexibility index (Phi) is 1.67. The van der Waals surface area contributed by atoms with E-state index < -0.39 is 0 Å². The van der Waals surface area contributed by atoms with Crippen LogP contribution in [0.2, 0.25) is 0 Å². The fourth-order valence-electron chi connectivity index (χ4n) is 1.85. The SMILES string of the molecule is NCC1(N)CCN(C2CC2)C1. The molecule has 1 saturated heterocycles. The van der Waals surface area contributed by atoms with E-state index >= 15 is 0 Å². The molecule has 1 heterocycles. The van der Waals surface area contributed by atoms with Gasteiger partial charge in [-0.2, -0.15) is 0 Å². The van der Waals surface area contributed by atoms with Crippen molar-refractivity contribution in [3.63, 3.8) is 0 Å². The van der Waals surface area contributed by atoms with E-state index in [-0.39, 0.29) is 5.54 Å². The van der Waals surface area contributed by atoms with Crippen LogP contribution in [0.1, 0.15) is 19.3 Å². The Morgan fingerprint density at radius 1 is 1.45 bits per heavy atom. The summed E-state index contributed by atoms with van der Waals surface area (Å²) in [5, 5.41) is 0. The highest BCUT2D eigenvalue weighted by atomic mass is 15.2. The molecule has 0 radical (unpaired) electrons. The molecular weight excluding hydrogens is 138 g/mol. The average molecular weight is 155 g/mol. The molecule has 2 fully saturated rings. The third-order valence-corrected chi connectivity index (χ3v) is 2.88. The highest BCUT2D eigenvalue weighted by Crippen LogP contribution is 2.31. The lowest BCUT2D eigenvalue weighted by molar-refractivity contribution is 0.303. The first-order valence-electron chi connectivity index (χ1n) is 4.46. The molecule has 2 rings (SSSR count). The molecule has 0 spiro atoms. The van der Waals surface area contributed by atoms with Gasteiger partial charge in [-0.05, 0) is 19.3 Å². The zero-order chi connectivity index (χ0) is 7.90. The molecule has 0 aromatic heterocycles. The summed E-state index contributed by atoms with van der Waals surface area (Å²) in [5.74, 6) is 0. The number of nitrogens with two attached hydrogens (primary N) is 2. The Morgan fingerprint density at radius 2 is 2.18 bits per heavy atom. The first-order valence-corrected chi connectivity index (χ1v) is 4.46. The van der Waals surface area contributed by atoms with Gasteiger partial charge in [0.2, 0.25) is 0 Å². The van der Waals surface area contributed by atoms with Gasteiger partial charge in [0.15, 0.2) is 0 Å². The largest absolute Gasteiger partial charge is 0.329 e. The van der Waals surface area contributed by atoms with Crippen molar-refractivity contribution in [2.45, 2.75) is 30.8 Å². The molecule has 11 heavy (non-hydrogen) atoms. The number of rotatable bonds is 2. The van der Waals surface area contributed by atoms with Gasteiger partial charge in [-0.25, -0.2) is 0 Å². The molecular formula is C8H17N3. The van der Waals surface area contributed by atoms with Crippen molar-refractivity contribution in [1.82, 2.24) is 4.90 Å².